The number of nitrogens with one attached hydrogen (secondary N) is 1. The van der Waals surface area contributed by atoms with Crippen LogP contribution < -0.4 is 5.32 Å². The molecule has 0 fully saturated rings. The lowest BCUT2D eigenvalue weighted by Crippen LogP contribution is -2.02. The number of aromatic nitrogens is 1. The number of halogens is 1. The highest BCUT2D eigenvalue weighted by molar-refractivity contribution is 7.98. The van der Waals surface area contributed by atoms with Gasteiger partial charge in [-0.05, 0) is 19.2 Å². The van der Waals surface area contributed by atoms with E-state index in [1.807, 2.05) is 37.5 Å². The van der Waals surface area contributed by atoms with Gasteiger partial charge < -0.3 is 5.32 Å². The van der Waals surface area contributed by atoms with Crippen molar-refractivity contribution in [3.05, 3.63) is 45.4 Å². The van der Waals surface area contributed by atoms with E-state index < -0.39 is 0 Å². The number of thiazole rings is 1. The molecule has 0 aliphatic rings. The molecule has 2 rings (SSSR count). The van der Waals surface area contributed by atoms with Crippen LogP contribution in [-0.4, -0.2) is 12.0 Å². The fourth-order valence-corrected chi connectivity index (χ4v) is 3.55. The standard InChI is InChI=1S/C12H13ClN2S2/c1-14-6-9-7-15-12(17-9)8-16-11-5-3-2-4-10(11)13/h2-5,7,14H,6,8H2,1H3. The molecule has 0 saturated carbocycles. The van der Waals surface area contributed by atoms with Crippen LogP contribution in [-0.2, 0) is 12.3 Å². The van der Waals surface area contributed by atoms with Crippen molar-refractivity contribution in [3.8, 4) is 0 Å². The van der Waals surface area contributed by atoms with E-state index in [1.54, 1.807) is 23.1 Å². The van der Waals surface area contributed by atoms with E-state index in [4.69, 9.17) is 11.6 Å². The molecule has 1 aromatic carbocycles. The van der Waals surface area contributed by atoms with E-state index in [1.165, 1.54) is 4.88 Å². The van der Waals surface area contributed by atoms with Crippen molar-refractivity contribution in [2.24, 2.45) is 0 Å². The van der Waals surface area contributed by atoms with Gasteiger partial charge in [0.2, 0.25) is 0 Å². The number of benzene rings is 1. The summed E-state index contributed by atoms with van der Waals surface area (Å²) in [5, 5.41) is 5.07. The highest BCUT2D eigenvalue weighted by atomic mass is 35.5. The number of rotatable bonds is 5. The molecule has 0 aliphatic carbocycles. The van der Waals surface area contributed by atoms with Crippen LogP contribution in [0.3, 0.4) is 0 Å². The van der Waals surface area contributed by atoms with E-state index in [9.17, 15) is 0 Å². The monoisotopic (exact) mass is 284 g/mol. The fourth-order valence-electron chi connectivity index (χ4n) is 1.37. The summed E-state index contributed by atoms with van der Waals surface area (Å²) in [4.78, 5) is 6.77. The van der Waals surface area contributed by atoms with Gasteiger partial charge in [0.15, 0.2) is 0 Å². The van der Waals surface area contributed by atoms with Crippen LogP contribution in [0.25, 0.3) is 0 Å². The molecule has 2 nitrogen and oxygen atoms in total. The lowest BCUT2D eigenvalue weighted by atomic mass is 10.4. The minimum absolute atomic E-state index is 0.810. The summed E-state index contributed by atoms with van der Waals surface area (Å²) >= 11 is 9.57. The maximum Gasteiger partial charge on any atom is 0.103 e. The maximum absolute atomic E-state index is 6.10. The van der Waals surface area contributed by atoms with Crippen LogP contribution in [0.2, 0.25) is 5.02 Å². The van der Waals surface area contributed by atoms with Gasteiger partial charge in [-0.1, -0.05) is 23.7 Å². The van der Waals surface area contributed by atoms with Crippen LogP contribution >= 0.6 is 34.7 Å². The summed E-state index contributed by atoms with van der Waals surface area (Å²) in [6.07, 6.45) is 1.93. The molecule has 0 unspecified atom stereocenters. The minimum atomic E-state index is 0.810. The largest absolute Gasteiger partial charge is 0.315 e. The van der Waals surface area contributed by atoms with Crippen LogP contribution in [0.4, 0.5) is 0 Å². The Bertz CT molecular complexity index is 485. The third-order valence-electron chi connectivity index (χ3n) is 2.14. The fraction of sp³-hybridized carbons (Fsp3) is 0.250. The van der Waals surface area contributed by atoms with Crippen LogP contribution in [0.1, 0.15) is 9.88 Å². The van der Waals surface area contributed by atoms with E-state index in [-0.39, 0.29) is 0 Å². The third kappa shape index (κ3) is 3.71. The average molecular weight is 285 g/mol. The molecule has 1 N–H and O–H groups in total. The van der Waals surface area contributed by atoms with Crippen molar-refractivity contribution >= 4 is 34.7 Å². The van der Waals surface area contributed by atoms with Gasteiger partial charge in [0.05, 0.1) is 10.8 Å². The Balaban J connectivity index is 1.95. The second-order valence-corrected chi connectivity index (χ2v) is 6.09. The van der Waals surface area contributed by atoms with Crippen molar-refractivity contribution in [2.45, 2.75) is 17.2 Å². The molecule has 0 saturated heterocycles. The van der Waals surface area contributed by atoms with Gasteiger partial charge in [-0.25, -0.2) is 4.98 Å². The molecule has 0 atom stereocenters. The van der Waals surface area contributed by atoms with E-state index in [0.29, 0.717) is 0 Å². The zero-order chi connectivity index (χ0) is 12.1. The molecule has 90 valence electrons. The van der Waals surface area contributed by atoms with Crippen LogP contribution in [0.15, 0.2) is 35.4 Å². The lowest BCUT2D eigenvalue weighted by Gasteiger charge is -2.01. The summed E-state index contributed by atoms with van der Waals surface area (Å²) in [6.45, 7) is 0.883. The highest BCUT2D eigenvalue weighted by Crippen LogP contribution is 2.30. The first-order valence-corrected chi connectivity index (χ1v) is 7.43. The lowest BCUT2D eigenvalue weighted by molar-refractivity contribution is 0.829. The number of thioether (sulfide) groups is 1. The Morgan fingerprint density at radius 2 is 2.24 bits per heavy atom. The first-order chi connectivity index (χ1) is 8.29. The Morgan fingerprint density at radius 3 is 3.00 bits per heavy atom. The molecule has 5 heteroatoms. The second kappa shape index (κ2) is 6.40. The predicted molar refractivity (Wildman–Crippen MR) is 75.9 cm³/mol. The Hall–Kier alpha value is -0.550. The maximum atomic E-state index is 6.10. The zero-order valence-corrected chi connectivity index (χ0v) is 11.8. The van der Waals surface area contributed by atoms with Crippen molar-refractivity contribution in [1.82, 2.24) is 10.3 Å². The van der Waals surface area contributed by atoms with Crippen molar-refractivity contribution in [3.63, 3.8) is 0 Å². The molecular weight excluding hydrogens is 272 g/mol. The van der Waals surface area contributed by atoms with Crippen molar-refractivity contribution in [2.75, 3.05) is 7.05 Å². The Kier molecular flexibility index (Phi) is 4.86. The quantitative estimate of drug-likeness (QED) is 0.845. The average Bonchev–Trinajstić information content (AvgIpc) is 2.76. The summed E-state index contributed by atoms with van der Waals surface area (Å²) in [6, 6.07) is 7.90. The van der Waals surface area contributed by atoms with Gasteiger partial charge in [0.1, 0.15) is 5.01 Å². The van der Waals surface area contributed by atoms with E-state index >= 15 is 0 Å². The summed E-state index contributed by atoms with van der Waals surface area (Å²) < 4.78 is 0. The minimum Gasteiger partial charge on any atom is -0.315 e. The third-order valence-corrected chi connectivity index (χ3v) is 4.85. The smallest absolute Gasteiger partial charge is 0.103 e. The Morgan fingerprint density at radius 1 is 1.41 bits per heavy atom. The number of nitrogens with zero attached hydrogens (tertiary/aromatic N) is 1. The summed E-state index contributed by atoms with van der Waals surface area (Å²) in [5.41, 5.74) is 0. The molecular formula is C12H13ClN2S2. The first-order valence-electron chi connectivity index (χ1n) is 5.25. The van der Waals surface area contributed by atoms with Crippen LogP contribution in [0.5, 0.6) is 0 Å². The van der Waals surface area contributed by atoms with Gasteiger partial charge in [0, 0.05) is 22.5 Å². The number of hydrogen-bond acceptors (Lipinski definition) is 4. The molecule has 0 spiro atoms. The normalized spacial score (nSPS) is 10.7. The molecule has 0 aliphatic heterocycles. The van der Waals surface area contributed by atoms with Crippen molar-refractivity contribution in [1.29, 1.82) is 0 Å². The zero-order valence-electron chi connectivity index (χ0n) is 9.44. The molecule has 0 amide bonds. The topological polar surface area (TPSA) is 24.9 Å². The summed E-state index contributed by atoms with van der Waals surface area (Å²) in [7, 11) is 1.94. The summed E-state index contributed by atoms with van der Waals surface area (Å²) in [5.74, 6) is 0.873. The van der Waals surface area contributed by atoms with Gasteiger partial charge in [0.25, 0.3) is 0 Å². The molecule has 0 radical (unpaired) electrons. The molecule has 0 bridgehead atoms. The highest BCUT2D eigenvalue weighted by Gasteiger charge is 2.04. The van der Waals surface area contributed by atoms with E-state index in [2.05, 4.69) is 10.3 Å². The second-order valence-electron chi connectivity index (χ2n) is 3.47. The van der Waals surface area contributed by atoms with Gasteiger partial charge >= 0.3 is 0 Å². The number of hydrogen-bond donors (Lipinski definition) is 1. The van der Waals surface area contributed by atoms with Gasteiger partial charge in [-0.2, -0.15) is 0 Å². The van der Waals surface area contributed by atoms with Gasteiger partial charge in [-0.15, -0.1) is 23.1 Å². The molecule has 1 heterocycles. The van der Waals surface area contributed by atoms with Crippen molar-refractivity contribution < 1.29 is 0 Å². The van der Waals surface area contributed by atoms with Crippen LogP contribution in [0, 0.1) is 0 Å². The SMILES string of the molecule is CNCc1cnc(CSc2ccccc2Cl)s1. The first kappa shape index (κ1) is 12.9. The van der Waals surface area contributed by atoms with Gasteiger partial charge in [-0.3, -0.25) is 0 Å². The predicted octanol–water partition coefficient (Wildman–Crippen LogP) is 3.81. The Labute approximate surface area is 114 Å². The molecule has 1 aromatic heterocycles. The van der Waals surface area contributed by atoms with E-state index in [0.717, 1.165) is 27.2 Å². The molecule has 17 heavy (non-hydrogen) atoms. The molecule has 2 aromatic rings.